The number of fused-ring (bicyclic) bond motifs is 1. The van der Waals surface area contributed by atoms with Gasteiger partial charge < -0.3 is 4.90 Å². The second-order valence-corrected chi connectivity index (χ2v) is 7.29. The van der Waals surface area contributed by atoms with E-state index in [4.69, 9.17) is 0 Å². The van der Waals surface area contributed by atoms with Gasteiger partial charge >= 0.3 is 0 Å². The molecular formula is C25H22FN3O2. The Bertz CT molecular complexity index is 1230. The molecule has 4 rings (SSSR count). The summed E-state index contributed by atoms with van der Waals surface area (Å²) in [7, 11) is 0. The highest BCUT2D eigenvalue weighted by Crippen LogP contribution is 2.16. The van der Waals surface area contributed by atoms with Crippen molar-refractivity contribution in [1.29, 1.82) is 0 Å². The zero-order chi connectivity index (χ0) is 21.8. The highest BCUT2D eigenvalue weighted by atomic mass is 19.1. The van der Waals surface area contributed by atoms with Crippen molar-refractivity contribution in [2.45, 2.75) is 26.6 Å². The standard InChI is InChI=1S/C25H22FN3O2/c1-2-29-22-14-13-20(26)15-21(22)24(30)23(27-29)25(31)28(16-18-9-5-3-6-10-18)17-19-11-7-4-8-12-19/h3-15H,2,16-17H2,1H3. The van der Waals surface area contributed by atoms with Gasteiger partial charge in [0.1, 0.15) is 5.82 Å². The maximum Gasteiger partial charge on any atom is 0.279 e. The van der Waals surface area contributed by atoms with Gasteiger partial charge in [0.05, 0.1) is 10.9 Å². The van der Waals surface area contributed by atoms with Crippen molar-refractivity contribution in [2.24, 2.45) is 0 Å². The third-order valence-corrected chi connectivity index (χ3v) is 5.14. The minimum Gasteiger partial charge on any atom is -0.328 e. The van der Waals surface area contributed by atoms with E-state index < -0.39 is 17.2 Å². The Balaban J connectivity index is 1.79. The summed E-state index contributed by atoms with van der Waals surface area (Å²) in [5, 5.41) is 4.50. The molecule has 0 N–H and O–H groups in total. The van der Waals surface area contributed by atoms with Gasteiger partial charge in [-0.25, -0.2) is 4.39 Å². The van der Waals surface area contributed by atoms with Crippen LogP contribution in [0.25, 0.3) is 10.9 Å². The number of carbonyl (C=O) groups is 1. The van der Waals surface area contributed by atoms with Crippen molar-refractivity contribution < 1.29 is 9.18 Å². The number of carbonyl (C=O) groups excluding carboxylic acids is 1. The maximum atomic E-state index is 13.9. The summed E-state index contributed by atoms with van der Waals surface area (Å²) >= 11 is 0. The van der Waals surface area contributed by atoms with Crippen LogP contribution in [-0.4, -0.2) is 20.6 Å². The van der Waals surface area contributed by atoms with Crippen LogP contribution in [0.1, 0.15) is 28.5 Å². The normalized spacial score (nSPS) is 10.9. The van der Waals surface area contributed by atoms with Crippen LogP contribution in [0.5, 0.6) is 0 Å². The molecule has 156 valence electrons. The lowest BCUT2D eigenvalue weighted by molar-refractivity contribution is 0.0720. The highest BCUT2D eigenvalue weighted by molar-refractivity contribution is 5.95. The molecular weight excluding hydrogens is 393 g/mol. The fourth-order valence-electron chi connectivity index (χ4n) is 3.60. The van der Waals surface area contributed by atoms with Crippen molar-refractivity contribution in [3.05, 3.63) is 112 Å². The molecule has 0 bridgehead atoms. The summed E-state index contributed by atoms with van der Waals surface area (Å²) in [6.45, 7) is 2.95. The summed E-state index contributed by atoms with van der Waals surface area (Å²) in [6, 6.07) is 23.1. The van der Waals surface area contributed by atoms with Crippen LogP contribution in [0.2, 0.25) is 0 Å². The number of benzene rings is 3. The summed E-state index contributed by atoms with van der Waals surface area (Å²) in [5.74, 6) is -1.01. The first-order valence-corrected chi connectivity index (χ1v) is 10.1. The highest BCUT2D eigenvalue weighted by Gasteiger charge is 2.23. The Labute approximate surface area is 179 Å². The Kier molecular flexibility index (Phi) is 5.89. The van der Waals surface area contributed by atoms with Gasteiger partial charge in [0.25, 0.3) is 5.91 Å². The molecule has 6 heteroatoms. The molecule has 0 radical (unpaired) electrons. The van der Waals surface area contributed by atoms with Gasteiger partial charge in [0.15, 0.2) is 5.69 Å². The molecule has 0 aliphatic heterocycles. The topological polar surface area (TPSA) is 55.2 Å². The van der Waals surface area contributed by atoms with Gasteiger partial charge in [-0.2, -0.15) is 5.10 Å². The molecule has 0 atom stereocenters. The molecule has 31 heavy (non-hydrogen) atoms. The second-order valence-electron chi connectivity index (χ2n) is 7.29. The first-order valence-electron chi connectivity index (χ1n) is 10.1. The number of amides is 1. The van der Waals surface area contributed by atoms with Gasteiger partial charge in [-0.1, -0.05) is 60.7 Å². The average Bonchev–Trinajstić information content (AvgIpc) is 2.80. The Morgan fingerprint density at radius 3 is 2.06 bits per heavy atom. The average molecular weight is 415 g/mol. The monoisotopic (exact) mass is 415 g/mol. The summed E-state index contributed by atoms with van der Waals surface area (Å²) in [5.41, 5.74) is 1.62. The molecule has 0 aliphatic carbocycles. The number of rotatable bonds is 6. The van der Waals surface area contributed by atoms with E-state index in [1.165, 1.54) is 18.2 Å². The lowest BCUT2D eigenvalue weighted by Crippen LogP contribution is -2.35. The number of aromatic nitrogens is 2. The molecule has 0 fully saturated rings. The van der Waals surface area contributed by atoms with E-state index in [9.17, 15) is 14.0 Å². The third-order valence-electron chi connectivity index (χ3n) is 5.14. The van der Waals surface area contributed by atoms with E-state index >= 15 is 0 Å². The van der Waals surface area contributed by atoms with Crippen LogP contribution >= 0.6 is 0 Å². The maximum absolute atomic E-state index is 13.9. The first kappa shape index (κ1) is 20.5. The van der Waals surface area contributed by atoms with Crippen LogP contribution in [0.4, 0.5) is 4.39 Å². The predicted octanol–water partition coefficient (Wildman–Crippen LogP) is 4.40. The quantitative estimate of drug-likeness (QED) is 0.469. The number of hydrogen-bond acceptors (Lipinski definition) is 3. The molecule has 0 saturated heterocycles. The molecule has 4 aromatic rings. The molecule has 1 aromatic heterocycles. The smallest absolute Gasteiger partial charge is 0.279 e. The Hall–Kier alpha value is -3.80. The second kappa shape index (κ2) is 8.92. The van der Waals surface area contributed by atoms with E-state index in [0.29, 0.717) is 25.2 Å². The first-order chi connectivity index (χ1) is 15.1. The number of hydrogen-bond donors (Lipinski definition) is 0. The number of aryl methyl sites for hydroxylation is 1. The molecule has 1 amide bonds. The number of nitrogens with zero attached hydrogens (tertiary/aromatic N) is 3. The van der Waals surface area contributed by atoms with E-state index in [1.54, 1.807) is 9.58 Å². The van der Waals surface area contributed by atoms with Gasteiger partial charge in [-0.3, -0.25) is 14.3 Å². The molecule has 3 aromatic carbocycles. The van der Waals surface area contributed by atoms with E-state index in [1.807, 2.05) is 67.6 Å². The molecule has 0 spiro atoms. The SMILES string of the molecule is CCn1nc(C(=O)N(Cc2ccccc2)Cc2ccccc2)c(=O)c2cc(F)ccc21. The fraction of sp³-hybridized carbons (Fsp3) is 0.160. The summed E-state index contributed by atoms with van der Waals surface area (Å²) in [4.78, 5) is 28.2. The van der Waals surface area contributed by atoms with Crippen LogP contribution in [0.15, 0.2) is 83.7 Å². The van der Waals surface area contributed by atoms with Crippen molar-refractivity contribution >= 4 is 16.8 Å². The van der Waals surface area contributed by atoms with Crippen molar-refractivity contribution in [3.8, 4) is 0 Å². The molecule has 0 aliphatic rings. The molecule has 0 saturated carbocycles. The van der Waals surface area contributed by atoms with E-state index in [2.05, 4.69) is 5.10 Å². The van der Waals surface area contributed by atoms with Gasteiger partial charge in [-0.05, 0) is 36.2 Å². The Morgan fingerprint density at radius 1 is 0.935 bits per heavy atom. The van der Waals surface area contributed by atoms with Crippen LogP contribution < -0.4 is 5.43 Å². The summed E-state index contributed by atoms with van der Waals surface area (Å²) in [6.07, 6.45) is 0. The molecule has 0 unspecified atom stereocenters. The van der Waals surface area contributed by atoms with Gasteiger partial charge in [0, 0.05) is 19.6 Å². The Morgan fingerprint density at radius 2 is 1.52 bits per heavy atom. The zero-order valence-corrected chi connectivity index (χ0v) is 17.2. The van der Waals surface area contributed by atoms with Crippen LogP contribution in [0.3, 0.4) is 0 Å². The minimum atomic E-state index is -0.560. The molecule has 1 heterocycles. The van der Waals surface area contributed by atoms with E-state index in [-0.39, 0.29) is 11.1 Å². The van der Waals surface area contributed by atoms with Gasteiger partial charge in [-0.15, -0.1) is 0 Å². The summed E-state index contributed by atoms with van der Waals surface area (Å²) < 4.78 is 15.4. The zero-order valence-electron chi connectivity index (χ0n) is 17.2. The number of halogens is 1. The van der Waals surface area contributed by atoms with Crippen molar-refractivity contribution in [1.82, 2.24) is 14.7 Å². The van der Waals surface area contributed by atoms with Crippen LogP contribution in [-0.2, 0) is 19.6 Å². The molecule has 5 nitrogen and oxygen atoms in total. The van der Waals surface area contributed by atoms with Crippen molar-refractivity contribution in [2.75, 3.05) is 0 Å². The van der Waals surface area contributed by atoms with Crippen molar-refractivity contribution in [3.63, 3.8) is 0 Å². The largest absolute Gasteiger partial charge is 0.328 e. The lowest BCUT2D eigenvalue weighted by atomic mass is 10.1. The fourth-order valence-corrected chi connectivity index (χ4v) is 3.60. The lowest BCUT2D eigenvalue weighted by Gasteiger charge is -2.23. The van der Waals surface area contributed by atoms with Gasteiger partial charge in [0.2, 0.25) is 5.43 Å². The third kappa shape index (κ3) is 4.38. The van der Waals surface area contributed by atoms with E-state index in [0.717, 1.165) is 11.1 Å². The minimum absolute atomic E-state index is 0.152. The van der Waals surface area contributed by atoms with Crippen LogP contribution in [0, 0.1) is 5.82 Å². The predicted molar refractivity (Wildman–Crippen MR) is 118 cm³/mol.